The van der Waals surface area contributed by atoms with Crippen molar-refractivity contribution in [1.82, 2.24) is 15.0 Å². The molecule has 0 aliphatic rings. The molecule has 0 fully saturated rings. The third-order valence-corrected chi connectivity index (χ3v) is 4.74. The molecule has 4 rings (SSSR count). The van der Waals surface area contributed by atoms with Crippen LogP contribution in [0.15, 0.2) is 66.7 Å². The Morgan fingerprint density at radius 1 is 0.700 bits per heavy atom. The molecule has 6 heteroatoms. The largest absolute Gasteiger partial charge is 0.507 e. The fourth-order valence-corrected chi connectivity index (χ4v) is 3.11. The van der Waals surface area contributed by atoms with Crippen molar-refractivity contribution in [3.8, 4) is 51.4 Å². The Labute approximate surface area is 174 Å². The summed E-state index contributed by atoms with van der Waals surface area (Å²) in [5.74, 6) is 2.57. The van der Waals surface area contributed by atoms with Gasteiger partial charge in [-0.25, -0.2) is 15.0 Å². The number of phenolic OH excluding ortho intramolecular Hbond substituents is 1. The van der Waals surface area contributed by atoms with E-state index in [9.17, 15) is 5.11 Å². The first-order valence-corrected chi connectivity index (χ1v) is 9.43. The van der Waals surface area contributed by atoms with Gasteiger partial charge >= 0.3 is 0 Å². The second-order valence-corrected chi connectivity index (χ2v) is 6.76. The van der Waals surface area contributed by atoms with Gasteiger partial charge in [0, 0.05) is 11.6 Å². The summed E-state index contributed by atoms with van der Waals surface area (Å²) in [7, 11) is 3.16. The third-order valence-electron chi connectivity index (χ3n) is 4.74. The normalized spacial score (nSPS) is 10.6. The molecule has 0 saturated carbocycles. The predicted octanol–water partition coefficient (Wildman–Crippen LogP) is 4.90. The molecule has 0 bridgehead atoms. The summed E-state index contributed by atoms with van der Waals surface area (Å²) in [6.07, 6.45) is 0. The topological polar surface area (TPSA) is 77.4 Å². The number of rotatable bonds is 5. The van der Waals surface area contributed by atoms with Crippen molar-refractivity contribution >= 4 is 0 Å². The zero-order valence-corrected chi connectivity index (χ0v) is 17.0. The zero-order chi connectivity index (χ0) is 21.1. The lowest BCUT2D eigenvalue weighted by molar-refractivity contribution is 0.408. The Balaban J connectivity index is 1.94. The number of aryl methyl sites for hydroxylation is 1. The standard InChI is InChI=1S/C24H21N3O3/c1-15-8-10-16(11-9-15)22-25-23(18-13-12-17(29-2)14-20(18)28)27-24(26-22)19-6-4-5-7-21(19)30-3/h4-14,28H,1-3H3. The molecule has 3 aromatic carbocycles. The fraction of sp³-hybridized carbons (Fsp3) is 0.125. The lowest BCUT2D eigenvalue weighted by atomic mass is 10.1. The maximum atomic E-state index is 10.5. The number of methoxy groups -OCH3 is 2. The van der Waals surface area contributed by atoms with Crippen LogP contribution in [0.3, 0.4) is 0 Å². The van der Waals surface area contributed by atoms with Gasteiger partial charge in [-0.2, -0.15) is 0 Å². The van der Waals surface area contributed by atoms with Gasteiger partial charge in [0.15, 0.2) is 17.5 Å². The Hall–Kier alpha value is -3.93. The number of para-hydroxylation sites is 1. The van der Waals surface area contributed by atoms with Gasteiger partial charge in [-0.05, 0) is 31.2 Å². The molecule has 0 aliphatic heterocycles. The van der Waals surface area contributed by atoms with E-state index in [0.717, 1.165) is 16.7 Å². The first-order valence-electron chi connectivity index (χ1n) is 9.43. The number of hydrogen-bond acceptors (Lipinski definition) is 6. The highest BCUT2D eigenvalue weighted by Crippen LogP contribution is 2.34. The summed E-state index contributed by atoms with van der Waals surface area (Å²) in [6, 6.07) is 20.5. The summed E-state index contributed by atoms with van der Waals surface area (Å²) in [4.78, 5) is 14.0. The van der Waals surface area contributed by atoms with Crippen LogP contribution in [0.5, 0.6) is 17.2 Å². The molecule has 0 spiro atoms. The van der Waals surface area contributed by atoms with Gasteiger partial charge in [0.25, 0.3) is 0 Å². The van der Waals surface area contributed by atoms with E-state index in [4.69, 9.17) is 14.5 Å². The second kappa shape index (κ2) is 8.21. The van der Waals surface area contributed by atoms with Gasteiger partial charge in [0.1, 0.15) is 17.2 Å². The number of aromatic hydroxyl groups is 1. The molecule has 0 radical (unpaired) electrons. The summed E-state index contributed by atoms with van der Waals surface area (Å²) in [5.41, 5.74) is 3.23. The Bertz CT molecular complexity index is 1190. The average Bonchev–Trinajstić information content (AvgIpc) is 2.79. The fourth-order valence-electron chi connectivity index (χ4n) is 3.11. The highest BCUT2D eigenvalue weighted by Gasteiger charge is 2.17. The predicted molar refractivity (Wildman–Crippen MR) is 116 cm³/mol. The van der Waals surface area contributed by atoms with Crippen molar-refractivity contribution < 1.29 is 14.6 Å². The Morgan fingerprint density at radius 2 is 1.37 bits per heavy atom. The molecule has 6 nitrogen and oxygen atoms in total. The molecule has 1 heterocycles. The smallest absolute Gasteiger partial charge is 0.167 e. The van der Waals surface area contributed by atoms with Crippen LogP contribution in [0.4, 0.5) is 0 Å². The van der Waals surface area contributed by atoms with Crippen LogP contribution in [-0.4, -0.2) is 34.3 Å². The molecule has 0 unspecified atom stereocenters. The molecule has 150 valence electrons. The van der Waals surface area contributed by atoms with E-state index in [1.807, 2.05) is 55.5 Å². The third kappa shape index (κ3) is 3.80. The van der Waals surface area contributed by atoms with Gasteiger partial charge in [0.05, 0.1) is 25.3 Å². The van der Waals surface area contributed by atoms with Crippen molar-refractivity contribution in [2.45, 2.75) is 6.92 Å². The molecule has 0 saturated heterocycles. The summed E-state index contributed by atoms with van der Waals surface area (Å²) < 4.78 is 10.7. The number of ether oxygens (including phenoxy) is 2. The molecule has 0 atom stereocenters. The maximum absolute atomic E-state index is 10.5. The molecule has 0 aliphatic carbocycles. The average molecular weight is 399 g/mol. The minimum atomic E-state index is 0.0291. The van der Waals surface area contributed by atoms with Gasteiger partial charge in [-0.3, -0.25) is 0 Å². The van der Waals surface area contributed by atoms with Crippen molar-refractivity contribution in [1.29, 1.82) is 0 Å². The molecule has 0 amide bonds. The van der Waals surface area contributed by atoms with E-state index >= 15 is 0 Å². The molecular formula is C24H21N3O3. The van der Waals surface area contributed by atoms with Crippen LogP contribution >= 0.6 is 0 Å². The maximum Gasteiger partial charge on any atom is 0.167 e. The van der Waals surface area contributed by atoms with E-state index in [-0.39, 0.29) is 5.75 Å². The summed E-state index contributed by atoms with van der Waals surface area (Å²) in [6.45, 7) is 2.03. The molecule has 30 heavy (non-hydrogen) atoms. The van der Waals surface area contributed by atoms with Crippen molar-refractivity contribution in [3.05, 3.63) is 72.3 Å². The van der Waals surface area contributed by atoms with Crippen molar-refractivity contribution in [2.24, 2.45) is 0 Å². The Morgan fingerprint density at radius 3 is 2.03 bits per heavy atom. The quantitative estimate of drug-likeness (QED) is 0.514. The van der Waals surface area contributed by atoms with E-state index in [2.05, 4.69) is 9.97 Å². The number of aromatic nitrogens is 3. The van der Waals surface area contributed by atoms with Crippen LogP contribution < -0.4 is 9.47 Å². The molecule has 4 aromatic rings. The van der Waals surface area contributed by atoms with Gasteiger partial charge in [-0.15, -0.1) is 0 Å². The van der Waals surface area contributed by atoms with E-state index in [1.54, 1.807) is 26.4 Å². The Kier molecular flexibility index (Phi) is 5.30. The van der Waals surface area contributed by atoms with Crippen LogP contribution in [0.1, 0.15) is 5.56 Å². The van der Waals surface area contributed by atoms with Gasteiger partial charge in [0.2, 0.25) is 0 Å². The zero-order valence-electron chi connectivity index (χ0n) is 17.0. The van der Waals surface area contributed by atoms with Crippen LogP contribution in [0.25, 0.3) is 34.2 Å². The molecule has 1 aromatic heterocycles. The SMILES string of the molecule is COc1ccc(-c2nc(-c3ccc(C)cc3)nc(-c3ccccc3OC)n2)c(O)c1. The van der Waals surface area contributed by atoms with Crippen LogP contribution in [0.2, 0.25) is 0 Å². The highest BCUT2D eigenvalue weighted by atomic mass is 16.5. The molecule has 1 N–H and O–H groups in total. The van der Waals surface area contributed by atoms with Crippen molar-refractivity contribution in [2.75, 3.05) is 14.2 Å². The lowest BCUT2D eigenvalue weighted by Gasteiger charge is -2.12. The lowest BCUT2D eigenvalue weighted by Crippen LogP contribution is -2.01. The summed E-state index contributed by atoms with van der Waals surface area (Å²) >= 11 is 0. The molecular weight excluding hydrogens is 378 g/mol. The second-order valence-electron chi connectivity index (χ2n) is 6.76. The van der Waals surface area contributed by atoms with Gasteiger partial charge in [-0.1, -0.05) is 42.0 Å². The monoisotopic (exact) mass is 399 g/mol. The number of nitrogens with zero attached hydrogens (tertiary/aromatic N) is 3. The van der Waals surface area contributed by atoms with Crippen LogP contribution in [-0.2, 0) is 0 Å². The van der Waals surface area contributed by atoms with Crippen LogP contribution in [0, 0.1) is 6.92 Å². The van der Waals surface area contributed by atoms with E-state index in [1.165, 1.54) is 6.07 Å². The summed E-state index contributed by atoms with van der Waals surface area (Å²) in [5, 5.41) is 10.5. The van der Waals surface area contributed by atoms with E-state index in [0.29, 0.717) is 34.5 Å². The highest BCUT2D eigenvalue weighted by molar-refractivity contribution is 5.72. The van der Waals surface area contributed by atoms with Crippen molar-refractivity contribution in [3.63, 3.8) is 0 Å². The van der Waals surface area contributed by atoms with E-state index < -0.39 is 0 Å². The number of hydrogen-bond donors (Lipinski definition) is 1. The number of benzene rings is 3. The first-order chi connectivity index (χ1) is 14.6. The minimum absolute atomic E-state index is 0.0291. The minimum Gasteiger partial charge on any atom is -0.507 e. The number of phenols is 1. The first kappa shape index (κ1) is 19.4. The van der Waals surface area contributed by atoms with Gasteiger partial charge < -0.3 is 14.6 Å².